The van der Waals surface area contributed by atoms with Crippen molar-refractivity contribution in [2.45, 2.75) is 50.0 Å². The fourth-order valence-electron chi connectivity index (χ4n) is 2.01. The maximum atomic E-state index is 12.4. The van der Waals surface area contributed by atoms with Gasteiger partial charge in [0.1, 0.15) is 24.2 Å². The quantitative estimate of drug-likeness (QED) is 0.121. The number of nitrogens with two attached hydrogens (primary N) is 2. The minimum Gasteiger partial charge on any atom is -0.481 e. The first-order valence-electron chi connectivity index (χ1n) is 8.48. The van der Waals surface area contributed by atoms with Crippen LogP contribution < -0.4 is 27.4 Å². The lowest BCUT2D eigenvalue weighted by molar-refractivity contribution is -0.143. The number of rotatable bonds is 13. The van der Waals surface area contributed by atoms with Crippen molar-refractivity contribution in [3.05, 3.63) is 0 Å². The van der Waals surface area contributed by atoms with Crippen molar-refractivity contribution in [3.8, 4) is 0 Å². The van der Waals surface area contributed by atoms with Crippen LogP contribution in [0.4, 0.5) is 0 Å². The Morgan fingerprint density at radius 2 is 1.30 bits per heavy atom. The topological polar surface area (TPSA) is 251 Å². The third-order valence-corrected chi connectivity index (χ3v) is 4.03. The lowest BCUT2D eigenvalue weighted by Crippen LogP contribution is -2.59. The second kappa shape index (κ2) is 12.6. The predicted molar refractivity (Wildman–Crippen MR) is 103 cm³/mol. The smallest absolute Gasteiger partial charge is 0.327 e. The highest BCUT2D eigenvalue weighted by molar-refractivity contribution is 7.80. The molecule has 0 saturated carbocycles. The molecule has 0 heterocycles. The van der Waals surface area contributed by atoms with Gasteiger partial charge < -0.3 is 42.7 Å². The number of amides is 4. The number of aliphatic hydroxyl groups is 1. The molecule has 0 radical (unpaired) electrons. The van der Waals surface area contributed by atoms with Crippen molar-refractivity contribution in [2.24, 2.45) is 11.5 Å². The maximum Gasteiger partial charge on any atom is 0.327 e. The molecule has 14 nitrogen and oxygen atoms in total. The summed E-state index contributed by atoms with van der Waals surface area (Å²) in [5.41, 5.74) is 10.5. The van der Waals surface area contributed by atoms with Gasteiger partial charge in [-0.2, -0.15) is 12.6 Å². The molecule has 30 heavy (non-hydrogen) atoms. The Balaban J connectivity index is 5.48. The fourth-order valence-corrected chi connectivity index (χ4v) is 2.26. The van der Waals surface area contributed by atoms with Crippen LogP contribution in [0.5, 0.6) is 0 Å². The summed E-state index contributed by atoms with van der Waals surface area (Å²) in [6.07, 6.45) is -2.96. The summed E-state index contributed by atoms with van der Waals surface area (Å²) in [5, 5.41) is 33.4. The van der Waals surface area contributed by atoms with Crippen LogP contribution >= 0.6 is 12.6 Å². The van der Waals surface area contributed by atoms with Gasteiger partial charge in [0.15, 0.2) is 0 Å². The van der Waals surface area contributed by atoms with Crippen LogP contribution in [0.1, 0.15) is 19.8 Å². The Kier molecular flexibility index (Phi) is 11.4. The molecule has 0 bridgehead atoms. The van der Waals surface area contributed by atoms with Gasteiger partial charge >= 0.3 is 11.9 Å². The van der Waals surface area contributed by atoms with E-state index >= 15 is 0 Å². The van der Waals surface area contributed by atoms with Gasteiger partial charge in [-0.25, -0.2) is 4.79 Å². The number of hydrogen-bond donors (Lipinski definition) is 9. The summed E-state index contributed by atoms with van der Waals surface area (Å²) < 4.78 is 0. The summed E-state index contributed by atoms with van der Waals surface area (Å²) >= 11 is 3.76. The third kappa shape index (κ3) is 9.53. The molecule has 0 fully saturated rings. The molecule has 170 valence electrons. The number of primary amides is 1. The Labute approximate surface area is 176 Å². The lowest BCUT2D eigenvalue weighted by Gasteiger charge is -2.24. The van der Waals surface area contributed by atoms with E-state index in [2.05, 4.69) is 12.6 Å². The number of aliphatic hydroxyl groups excluding tert-OH is 1. The van der Waals surface area contributed by atoms with E-state index < -0.39 is 78.7 Å². The molecule has 0 aliphatic rings. The minimum atomic E-state index is -1.72. The summed E-state index contributed by atoms with van der Waals surface area (Å²) in [4.78, 5) is 69.9. The van der Waals surface area contributed by atoms with Gasteiger partial charge in [-0.05, 0) is 6.92 Å². The normalized spacial score (nSPS) is 15.6. The van der Waals surface area contributed by atoms with Crippen LogP contribution in [-0.4, -0.2) is 86.9 Å². The third-order valence-electron chi connectivity index (χ3n) is 3.67. The number of thiol groups is 1. The highest BCUT2D eigenvalue weighted by Gasteiger charge is 2.32. The van der Waals surface area contributed by atoms with Crippen LogP contribution in [0.2, 0.25) is 0 Å². The standard InChI is InChI=1S/C15H25N5O9S/c1-5(21)11(17)14(27)19-7(3-10(23)24)13(26)18-6(2-9(16)22)12(25)20-8(4-30)15(28)29/h5-8,11,21,30H,2-4,17H2,1H3,(H2,16,22)(H,18,26)(H,19,27)(H,20,25)(H,23,24)(H,28,29). The number of carboxylic acid groups (broad SMARTS) is 2. The SMILES string of the molecule is CC(O)C(N)C(=O)NC(CC(=O)O)C(=O)NC(CC(N)=O)C(=O)NC(CS)C(=O)O. The molecule has 0 aliphatic carbocycles. The Bertz CT molecular complexity index is 687. The van der Waals surface area contributed by atoms with E-state index in [1.54, 1.807) is 0 Å². The lowest BCUT2D eigenvalue weighted by atomic mass is 10.1. The zero-order valence-electron chi connectivity index (χ0n) is 15.9. The molecule has 0 aromatic rings. The van der Waals surface area contributed by atoms with Crippen molar-refractivity contribution in [2.75, 3.05) is 5.75 Å². The summed E-state index contributed by atoms with van der Waals surface area (Å²) in [6, 6.07) is -6.28. The number of nitrogens with one attached hydrogen (secondary N) is 3. The van der Waals surface area contributed by atoms with Crippen LogP contribution in [0.3, 0.4) is 0 Å². The molecule has 0 saturated heterocycles. The molecule has 15 heteroatoms. The largest absolute Gasteiger partial charge is 0.481 e. The number of carbonyl (C=O) groups is 6. The molecule has 0 aliphatic heterocycles. The Morgan fingerprint density at radius 1 is 0.867 bits per heavy atom. The molecule has 0 spiro atoms. The average Bonchev–Trinajstić information content (AvgIpc) is 2.62. The van der Waals surface area contributed by atoms with E-state index in [0.29, 0.717) is 0 Å². The molecule has 5 atom stereocenters. The molecule has 0 rings (SSSR count). The van der Waals surface area contributed by atoms with Crippen LogP contribution in [0, 0.1) is 0 Å². The predicted octanol–water partition coefficient (Wildman–Crippen LogP) is -4.49. The first-order valence-corrected chi connectivity index (χ1v) is 9.11. The monoisotopic (exact) mass is 451 g/mol. The first-order chi connectivity index (χ1) is 13.8. The molecule has 10 N–H and O–H groups in total. The van der Waals surface area contributed by atoms with Gasteiger partial charge in [-0.15, -0.1) is 0 Å². The molecule has 5 unspecified atom stereocenters. The van der Waals surface area contributed by atoms with E-state index in [4.69, 9.17) is 21.7 Å². The average molecular weight is 451 g/mol. The zero-order chi connectivity index (χ0) is 23.6. The highest BCUT2D eigenvalue weighted by atomic mass is 32.1. The Hall–Kier alpha value is -2.91. The van der Waals surface area contributed by atoms with Crippen LogP contribution in [-0.2, 0) is 28.8 Å². The van der Waals surface area contributed by atoms with Gasteiger partial charge in [0.05, 0.1) is 18.9 Å². The second-order valence-corrected chi connectivity index (χ2v) is 6.60. The number of carbonyl (C=O) groups excluding carboxylic acids is 4. The van der Waals surface area contributed by atoms with Gasteiger partial charge in [0, 0.05) is 5.75 Å². The van der Waals surface area contributed by atoms with Gasteiger partial charge in [-0.3, -0.25) is 24.0 Å². The van der Waals surface area contributed by atoms with E-state index in [1.165, 1.54) is 6.92 Å². The fraction of sp³-hybridized carbons (Fsp3) is 0.600. The second-order valence-electron chi connectivity index (χ2n) is 6.24. The van der Waals surface area contributed by atoms with Crippen molar-refractivity contribution in [1.82, 2.24) is 16.0 Å². The minimum absolute atomic E-state index is 0.298. The van der Waals surface area contributed by atoms with E-state index in [9.17, 15) is 33.9 Å². The molecular formula is C15H25N5O9S. The number of hydrogen-bond acceptors (Lipinski definition) is 9. The van der Waals surface area contributed by atoms with Crippen molar-refractivity contribution >= 4 is 48.2 Å². The van der Waals surface area contributed by atoms with E-state index in [0.717, 1.165) is 0 Å². The van der Waals surface area contributed by atoms with Gasteiger partial charge in [0.25, 0.3) is 0 Å². The number of carboxylic acids is 2. The summed E-state index contributed by atoms with van der Waals surface area (Å²) in [6.45, 7) is 1.20. The molecule has 0 aromatic heterocycles. The van der Waals surface area contributed by atoms with Crippen molar-refractivity contribution < 1.29 is 44.1 Å². The molecular weight excluding hydrogens is 426 g/mol. The van der Waals surface area contributed by atoms with Crippen molar-refractivity contribution in [3.63, 3.8) is 0 Å². The van der Waals surface area contributed by atoms with Gasteiger partial charge in [0.2, 0.25) is 23.6 Å². The zero-order valence-corrected chi connectivity index (χ0v) is 16.8. The van der Waals surface area contributed by atoms with E-state index in [1.807, 2.05) is 16.0 Å². The maximum absolute atomic E-state index is 12.4. The summed E-state index contributed by atoms with van der Waals surface area (Å²) in [7, 11) is 0. The van der Waals surface area contributed by atoms with Crippen LogP contribution in [0.15, 0.2) is 0 Å². The molecule has 0 aromatic carbocycles. The number of aliphatic carboxylic acids is 2. The van der Waals surface area contributed by atoms with E-state index in [-0.39, 0.29) is 5.75 Å². The highest BCUT2D eigenvalue weighted by Crippen LogP contribution is 2.01. The Morgan fingerprint density at radius 3 is 1.67 bits per heavy atom. The molecule has 4 amide bonds. The summed E-state index contributed by atoms with van der Waals surface area (Å²) in [5.74, 6) is -7.55. The van der Waals surface area contributed by atoms with Gasteiger partial charge in [-0.1, -0.05) is 0 Å². The van der Waals surface area contributed by atoms with Crippen LogP contribution in [0.25, 0.3) is 0 Å². The first kappa shape index (κ1) is 27.1. The van der Waals surface area contributed by atoms with Crippen molar-refractivity contribution in [1.29, 1.82) is 0 Å².